The minimum absolute atomic E-state index is 0.0338. The summed E-state index contributed by atoms with van der Waals surface area (Å²) < 4.78 is 6.03. The fraction of sp³-hybridized carbons (Fsp3) is 0.449. The van der Waals surface area contributed by atoms with Crippen LogP contribution in [0.25, 0.3) is 32.7 Å². The summed E-state index contributed by atoms with van der Waals surface area (Å²) in [6, 6.07) is 18.1. The van der Waals surface area contributed by atoms with Crippen molar-refractivity contribution in [3.8, 4) is 27.4 Å². The van der Waals surface area contributed by atoms with Crippen LogP contribution in [0.5, 0.6) is 5.75 Å². The van der Waals surface area contributed by atoms with Crippen molar-refractivity contribution in [2.24, 2.45) is 11.8 Å². The maximum atomic E-state index is 14.7. The third-order valence-electron chi connectivity index (χ3n) is 14.2. The predicted molar refractivity (Wildman–Crippen MR) is 243 cm³/mol. The van der Waals surface area contributed by atoms with Crippen LogP contribution in [-0.2, 0) is 38.2 Å². The van der Waals surface area contributed by atoms with E-state index in [1.54, 1.807) is 23.5 Å². The summed E-state index contributed by atoms with van der Waals surface area (Å²) in [5.74, 6) is -0.257. The zero-order valence-electron chi connectivity index (χ0n) is 37.2. The molecular formula is C49H56N8O6S. The summed E-state index contributed by atoms with van der Waals surface area (Å²) >= 11 is 1.59. The number of H-pyrrole nitrogens is 1. The molecule has 1 aliphatic carbocycles. The summed E-state index contributed by atoms with van der Waals surface area (Å²) in [4.78, 5) is 55.2. The van der Waals surface area contributed by atoms with Crippen molar-refractivity contribution in [3.05, 3.63) is 100 Å². The summed E-state index contributed by atoms with van der Waals surface area (Å²) in [6.07, 6.45) is 2.77. The van der Waals surface area contributed by atoms with E-state index in [1.807, 2.05) is 100 Å². The number of carbonyl (C=O) groups is 3. The van der Waals surface area contributed by atoms with Crippen LogP contribution in [0.15, 0.2) is 70.7 Å². The van der Waals surface area contributed by atoms with E-state index in [0.717, 1.165) is 56.9 Å². The number of fused-ring (bicyclic) bond motifs is 3. The first-order valence-electron chi connectivity index (χ1n) is 22.4. The van der Waals surface area contributed by atoms with Gasteiger partial charge in [0.25, 0.3) is 0 Å². The lowest BCUT2D eigenvalue weighted by Gasteiger charge is -2.37. The Morgan fingerprint density at radius 1 is 1.00 bits per heavy atom. The van der Waals surface area contributed by atoms with Crippen molar-refractivity contribution < 1.29 is 29.1 Å². The topological polar surface area (TPSA) is 191 Å². The first-order valence-corrected chi connectivity index (χ1v) is 23.2. The molecule has 4 N–H and O–H groups in total. The minimum atomic E-state index is -1.17. The van der Waals surface area contributed by atoms with Crippen LogP contribution in [0.3, 0.4) is 0 Å². The number of aromatic nitrogens is 5. The van der Waals surface area contributed by atoms with E-state index < -0.39 is 23.1 Å². The highest BCUT2D eigenvalue weighted by Gasteiger charge is 2.50. The number of β-amino-alcohol motifs (C(OH)–C–C–N with tert-alkyl or cyclic N) is 1. The quantitative estimate of drug-likeness (QED) is 0.110. The van der Waals surface area contributed by atoms with Gasteiger partial charge in [0.1, 0.15) is 17.2 Å². The van der Waals surface area contributed by atoms with E-state index in [4.69, 9.17) is 4.52 Å². The zero-order valence-corrected chi connectivity index (χ0v) is 38.0. The lowest BCUT2D eigenvalue weighted by atomic mass is 9.75. The smallest absolute Gasteiger partial charge is 0.243 e. The average molecular weight is 885 g/mol. The number of nitrogens with one attached hydrogen (secondary N) is 2. The van der Waals surface area contributed by atoms with Gasteiger partial charge in [0.15, 0.2) is 11.4 Å². The van der Waals surface area contributed by atoms with Crippen LogP contribution in [-0.4, -0.2) is 94.8 Å². The second kappa shape index (κ2) is 16.9. The first kappa shape index (κ1) is 43.3. The molecule has 0 saturated carbocycles. The van der Waals surface area contributed by atoms with Gasteiger partial charge in [0.05, 0.1) is 39.1 Å². The molecule has 6 aromatic rings. The second-order valence-electron chi connectivity index (χ2n) is 18.9. The number of hydrogen-bond donors (Lipinski definition) is 4. The Kier molecular flexibility index (Phi) is 11.4. The van der Waals surface area contributed by atoms with Gasteiger partial charge in [-0.3, -0.25) is 14.4 Å². The number of rotatable bonds is 10. The van der Waals surface area contributed by atoms with Crippen LogP contribution < -0.4 is 5.32 Å². The van der Waals surface area contributed by atoms with Gasteiger partial charge >= 0.3 is 0 Å². The molecule has 3 aliphatic rings. The van der Waals surface area contributed by atoms with Crippen molar-refractivity contribution in [1.82, 2.24) is 40.4 Å². The Morgan fingerprint density at radius 3 is 2.45 bits per heavy atom. The van der Waals surface area contributed by atoms with E-state index in [0.29, 0.717) is 55.0 Å². The van der Waals surface area contributed by atoms with Crippen LogP contribution in [0.1, 0.15) is 100 Å². The van der Waals surface area contributed by atoms with E-state index in [-0.39, 0.29) is 54.2 Å². The van der Waals surface area contributed by atoms with Crippen LogP contribution in [0.2, 0.25) is 0 Å². The molecule has 4 atom stereocenters. The number of phenolic OH excluding ortho intramolecular Hbond substituents is 1. The fourth-order valence-electron chi connectivity index (χ4n) is 9.92. The van der Waals surface area contributed by atoms with E-state index >= 15 is 0 Å². The molecule has 6 heterocycles. The number of thiazole rings is 1. The van der Waals surface area contributed by atoms with Crippen molar-refractivity contribution in [2.75, 3.05) is 19.6 Å². The normalized spacial score (nSPS) is 20.4. The van der Waals surface area contributed by atoms with Gasteiger partial charge in [-0.25, -0.2) is 4.98 Å². The highest BCUT2D eigenvalue weighted by atomic mass is 32.1. The Hall–Kier alpha value is -5.93. The highest BCUT2D eigenvalue weighted by molar-refractivity contribution is 7.13. The van der Waals surface area contributed by atoms with Crippen molar-refractivity contribution >= 4 is 40.1 Å². The van der Waals surface area contributed by atoms with E-state index in [9.17, 15) is 24.6 Å². The molecule has 2 aliphatic heterocycles. The molecule has 64 heavy (non-hydrogen) atoms. The summed E-state index contributed by atoms with van der Waals surface area (Å²) in [6.45, 7) is 12.8. The molecule has 15 heteroatoms. The van der Waals surface area contributed by atoms with Gasteiger partial charge in [-0.1, -0.05) is 55.4 Å². The van der Waals surface area contributed by atoms with Crippen LogP contribution in [0, 0.1) is 18.8 Å². The number of hydrogen-bond acceptors (Lipinski definition) is 11. The number of amides is 3. The zero-order chi connectivity index (χ0) is 45.1. The molecule has 2 saturated heterocycles. The number of likely N-dealkylation sites (tertiary alicyclic amines) is 2. The molecule has 9 rings (SSSR count). The molecule has 1 unspecified atom stereocenters. The number of para-hydroxylation sites is 1. The molecule has 2 aromatic carbocycles. The largest absolute Gasteiger partial charge is 0.507 e. The molecule has 0 bridgehead atoms. The SMILES string of the molecule is Cc1ncsc1-c1ccc(C(C)(C)NC(=O)[C@@H]2C[C@@H](O)CN2C(=O)[C@](C)(c2cc(C3CCN(C(=O)C4CCc5[nH]c6nnc(-c7ccccc7O)cc6c5C4)CC3)no2)C(C)C)cc1. The lowest BCUT2D eigenvalue weighted by molar-refractivity contribution is -0.145. The number of aliphatic hydroxyl groups is 1. The molecule has 4 aromatic heterocycles. The lowest BCUT2D eigenvalue weighted by Crippen LogP contribution is -2.55. The van der Waals surface area contributed by atoms with Gasteiger partial charge in [0.2, 0.25) is 17.7 Å². The van der Waals surface area contributed by atoms with Gasteiger partial charge in [-0.15, -0.1) is 21.5 Å². The molecule has 14 nitrogen and oxygen atoms in total. The predicted octanol–water partition coefficient (Wildman–Crippen LogP) is 7.19. The Bertz CT molecular complexity index is 2710. The molecule has 3 amide bonds. The van der Waals surface area contributed by atoms with E-state index in [1.165, 1.54) is 4.90 Å². The van der Waals surface area contributed by atoms with Gasteiger partial charge < -0.3 is 34.8 Å². The van der Waals surface area contributed by atoms with Crippen molar-refractivity contribution in [2.45, 2.75) is 109 Å². The minimum Gasteiger partial charge on any atom is -0.507 e. The second-order valence-corrected chi connectivity index (χ2v) is 19.8. The molecule has 2 fully saturated rings. The third kappa shape index (κ3) is 7.86. The number of phenols is 1. The monoisotopic (exact) mass is 884 g/mol. The summed E-state index contributed by atoms with van der Waals surface area (Å²) in [7, 11) is 0. The average Bonchev–Trinajstić information content (AvgIpc) is 4.12. The molecule has 0 spiro atoms. The number of aryl methyl sites for hydroxylation is 2. The van der Waals surface area contributed by atoms with Crippen LogP contribution >= 0.6 is 11.3 Å². The Morgan fingerprint density at radius 2 is 1.75 bits per heavy atom. The maximum absolute atomic E-state index is 14.7. The van der Waals surface area contributed by atoms with Gasteiger partial charge in [-0.05, 0) is 101 Å². The number of piperidine rings is 1. The first-order chi connectivity index (χ1) is 30.6. The van der Waals surface area contributed by atoms with Crippen molar-refractivity contribution in [3.63, 3.8) is 0 Å². The van der Waals surface area contributed by atoms with Gasteiger partial charge in [0, 0.05) is 60.6 Å². The van der Waals surface area contributed by atoms with Crippen LogP contribution in [0.4, 0.5) is 0 Å². The standard InChI is InChI=1S/C49H56N8O6S/c1-27(2)49(6,47(62)57-25-33(58)22-40(57)45(60)52-48(4,5)32-14-11-30(12-15-32)43-28(3)50-26-64-43)42-24-38(55-63-42)29-17-19-56(20-18-29)46(61)31-13-16-37-35(21-31)36-23-39(53-54-44(36)51-37)34-9-7-8-10-41(34)59/h7-12,14-15,23-24,26-27,29,31,33,40,58-59H,13,16-22,25H2,1-6H3,(H,51,54)(H,52,60)/t31?,33-,40+,49+/m1/s1. The Balaban J connectivity index is 0.846. The maximum Gasteiger partial charge on any atom is 0.243 e. The summed E-state index contributed by atoms with van der Waals surface area (Å²) in [5, 5.41) is 38.7. The number of aromatic hydroxyl groups is 1. The molecule has 334 valence electrons. The molecular weight excluding hydrogens is 829 g/mol. The number of benzene rings is 2. The number of carbonyl (C=O) groups excluding carboxylic acids is 3. The summed E-state index contributed by atoms with van der Waals surface area (Å²) in [5.41, 5.74) is 7.65. The number of nitrogens with zero attached hydrogens (tertiary/aromatic N) is 6. The third-order valence-corrected chi connectivity index (χ3v) is 15.2. The van der Waals surface area contributed by atoms with E-state index in [2.05, 4.69) is 30.6 Å². The number of aliphatic hydroxyl groups excluding tert-OH is 1. The highest BCUT2D eigenvalue weighted by Crippen LogP contribution is 2.41. The van der Waals surface area contributed by atoms with Gasteiger partial charge in [-0.2, -0.15) is 0 Å². The number of aromatic amines is 1. The fourth-order valence-corrected chi connectivity index (χ4v) is 10.7. The Labute approximate surface area is 376 Å². The van der Waals surface area contributed by atoms with Crippen molar-refractivity contribution in [1.29, 1.82) is 0 Å². The molecule has 0 radical (unpaired) electrons.